The Hall–Kier alpha value is -0.200. The summed E-state index contributed by atoms with van der Waals surface area (Å²) in [6, 6.07) is 0. The molecule has 1 saturated heterocycles. The van der Waals surface area contributed by atoms with Crippen LogP contribution in [-0.4, -0.2) is 46.7 Å². The lowest BCUT2D eigenvalue weighted by molar-refractivity contribution is -0.358. The van der Waals surface area contributed by atoms with Crippen LogP contribution in [0.5, 0.6) is 0 Å². The van der Waals surface area contributed by atoms with E-state index in [9.17, 15) is 15.3 Å². The second-order valence-corrected chi connectivity index (χ2v) is 3.10. The van der Waals surface area contributed by atoms with E-state index in [0.717, 1.165) is 0 Å². The molecule has 2 unspecified atom stereocenters. The predicted molar refractivity (Wildman–Crippen MR) is 39.1 cm³/mol. The van der Waals surface area contributed by atoms with Gasteiger partial charge in [-0.2, -0.15) is 0 Å². The first-order valence-electron chi connectivity index (χ1n) is 3.76. The molecule has 0 bridgehead atoms. The largest absolute Gasteiger partial charge is 0.388 e. The normalized spacial score (nSPS) is 49.2. The van der Waals surface area contributed by atoms with Crippen LogP contribution in [0.2, 0.25) is 0 Å². The second kappa shape index (κ2) is 3.27. The highest BCUT2D eigenvalue weighted by Gasteiger charge is 2.43. The first-order chi connectivity index (χ1) is 5.47. The molecule has 5 nitrogen and oxygen atoms in total. The van der Waals surface area contributed by atoms with Gasteiger partial charge in [-0.15, -0.1) is 0 Å². The number of hydrogen-bond donors (Lipinski definition) is 3. The molecule has 5 heteroatoms. The molecular weight excluding hydrogens is 164 g/mol. The summed E-state index contributed by atoms with van der Waals surface area (Å²) in [5.41, 5.74) is 0. The fraction of sp³-hybridized carbons (Fsp3) is 1.00. The van der Waals surface area contributed by atoms with Crippen molar-refractivity contribution in [3.63, 3.8) is 0 Å². The van der Waals surface area contributed by atoms with E-state index in [0.29, 0.717) is 0 Å². The number of methoxy groups -OCH3 is 1. The summed E-state index contributed by atoms with van der Waals surface area (Å²) < 4.78 is 9.62. The van der Waals surface area contributed by atoms with Gasteiger partial charge >= 0.3 is 0 Å². The third-order valence-corrected chi connectivity index (χ3v) is 1.98. The van der Waals surface area contributed by atoms with Gasteiger partial charge in [0.15, 0.2) is 12.1 Å². The summed E-state index contributed by atoms with van der Waals surface area (Å²) in [7, 11) is 1.36. The first kappa shape index (κ1) is 9.88. The minimum absolute atomic E-state index is 0.0471. The number of aliphatic hydroxyl groups excluding tert-OH is 2. The van der Waals surface area contributed by atoms with Crippen molar-refractivity contribution in [1.82, 2.24) is 0 Å². The van der Waals surface area contributed by atoms with Crippen LogP contribution < -0.4 is 0 Å². The summed E-state index contributed by atoms with van der Waals surface area (Å²) in [5, 5.41) is 27.9. The zero-order valence-electron chi connectivity index (χ0n) is 7.10. The van der Waals surface area contributed by atoms with Gasteiger partial charge in [-0.25, -0.2) is 0 Å². The van der Waals surface area contributed by atoms with Crippen molar-refractivity contribution in [3.05, 3.63) is 0 Å². The van der Waals surface area contributed by atoms with Crippen molar-refractivity contribution >= 4 is 0 Å². The van der Waals surface area contributed by atoms with Crippen molar-refractivity contribution in [2.24, 2.45) is 0 Å². The van der Waals surface area contributed by atoms with E-state index in [-0.39, 0.29) is 6.42 Å². The lowest BCUT2D eigenvalue weighted by Gasteiger charge is -2.40. The molecule has 0 aromatic carbocycles. The Balaban J connectivity index is 2.63. The lowest BCUT2D eigenvalue weighted by atomic mass is 10.0. The Kier molecular flexibility index (Phi) is 2.70. The monoisotopic (exact) mass is 178 g/mol. The summed E-state index contributed by atoms with van der Waals surface area (Å²) >= 11 is 0. The number of aliphatic hydroxyl groups is 3. The van der Waals surface area contributed by atoms with Gasteiger partial charge in [-0.1, -0.05) is 0 Å². The third kappa shape index (κ3) is 1.75. The minimum atomic E-state index is -1.64. The van der Waals surface area contributed by atoms with E-state index in [4.69, 9.17) is 9.47 Å². The van der Waals surface area contributed by atoms with Crippen LogP contribution in [-0.2, 0) is 9.47 Å². The highest BCUT2D eigenvalue weighted by Crippen LogP contribution is 2.27. The smallest absolute Gasteiger partial charge is 0.192 e. The van der Waals surface area contributed by atoms with Crippen LogP contribution in [0, 0.1) is 0 Å². The van der Waals surface area contributed by atoms with Gasteiger partial charge in [0.05, 0.1) is 0 Å². The van der Waals surface area contributed by atoms with E-state index in [1.807, 2.05) is 0 Å². The molecule has 3 N–H and O–H groups in total. The Labute approximate surface area is 70.5 Å². The molecule has 72 valence electrons. The molecule has 1 aliphatic rings. The standard InChI is InChI=1S/C7H14O5/c1-7(10)5(9)3-4(8)6(11-2)12-7/h4-6,8-10H,3H2,1-2H3/t4?,5-,6-,7?/m1/s1. The van der Waals surface area contributed by atoms with E-state index in [1.54, 1.807) is 0 Å². The second-order valence-electron chi connectivity index (χ2n) is 3.10. The molecule has 1 aliphatic heterocycles. The molecule has 0 aromatic heterocycles. The molecule has 12 heavy (non-hydrogen) atoms. The Bertz CT molecular complexity index is 158. The topological polar surface area (TPSA) is 79.2 Å². The van der Waals surface area contributed by atoms with Crippen LogP contribution in [0.1, 0.15) is 13.3 Å². The van der Waals surface area contributed by atoms with Crippen molar-refractivity contribution in [3.8, 4) is 0 Å². The maximum Gasteiger partial charge on any atom is 0.192 e. The molecule has 1 fully saturated rings. The van der Waals surface area contributed by atoms with Crippen LogP contribution in [0.25, 0.3) is 0 Å². The van der Waals surface area contributed by atoms with Gasteiger partial charge in [0.25, 0.3) is 0 Å². The fourth-order valence-corrected chi connectivity index (χ4v) is 1.16. The van der Waals surface area contributed by atoms with Gasteiger partial charge in [0.1, 0.15) is 12.2 Å². The van der Waals surface area contributed by atoms with Gasteiger partial charge in [-0.3, -0.25) is 0 Å². The SMILES string of the molecule is CO[C@@H]1OC(C)(O)[C@H](O)CC1O. The molecule has 1 rings (SSSR count). The molecule has 0 spiro atoms. The highest BCUT2D eigenvalue weighted by molar-refractivity contribution is 4.83. The average molecular weight is 178 g/mol. The van der Waals surface area contributed by atoms with Gasteiger partial charge < -0.3 is 24.8 Å². The molecule has 4 atom stereocenters. The van der Waals surface area contributed by atoms with Gasteiger partial charge in [0.2, 0.25) is 0 Å². The number of ether oxygens (including phenoxy) is 2. The Morgan fingerprint density at radius 2 is 2.08 bits per heavy atom. The lowest BCUT2D eigenvalue weighted by Crippen LogP contribution is -2.55. The molecule has 0 aliphatic carbocycles. The van der Waals surface area contributed by atoms with Crippen LogP contribution in [0.15, 0.2) is 0 Å². The zero-order chi connectivity index (χ0) is 9.35. The molecule has 0 aromatic rings. The first-order valence-corrected chi connectivity index (χ1v) is 3.76. The van der Waals surface area contributed by atoms with Crippen LogP contribution >= 0.6 is 0 Å². The summed E-state index contributed by atoms with van der Waals surface area (Å²) in [4.78, 5) is 0. The van der Waals surface area contributed by atoms with Crippen LogP contribution in [0.4, 0.5) is 0 Å². The molecule has 0 saturated carbocycles. The number of rotatable bonds is 1. The molecule has 1 heterocycles. The molecule has 0 radical (unpaired) electrons. The molecule has 0 amide bonds. The maximum atomic E-state index is 9.40. The van der Waals surface area contributed by atoms with E-state index in [1.165, 1.54) is 14.0 Å². The average Bonchev–Trinajstić information content (AvgIpc) is 1.97. The predicted octanol–water partition coefficient (Wildman–Crippen LogP) is -1.19. The van der Waals surface area contributed by atoms with E-state index < -0.39 is 24.3 Å². The number of hydrogen-bond acceptors (Lipinski definition) is 5. The van der Waals surface area contributed by atoms with E-state index in [2.05, 4.69) is 0 Å². The highest BCUT2D eigenvalue weighted by atomic mass is 16.7. The minimum Gasteiger partial charge on any atom is -0.388 e. The summed E-state index contributed by atoms with van der Waals surface area (Å²) in [5.74, 6) is -1.64. The van der Waals surface area contributed by atoms with Crippen molar-refractivity contribution < 1.29 is 24.8 Å². The quantitative estimate of drug-likeness (QED) is 0.470. The summed E-state index contributed by atoms with van der Waals surface area (Å²) in [6.07, 6.45) is -2.81. The Morgan fingerprint density at radius 1 is 1.50 bits per heavy atom. The Morgan fingerprint density at radius 3 is 2.58 bits per heavy atom. The zero-order valence-corrected chi connectivity index (χ0v) is 7.10. The van der Waals surface area contributed by atoms with Crippen molar-refractivity contribution in [2.75, 3.05) is 7.11 Å². The van der Waals surface area contributed by atoms with E-state index >= 15 is 0 Å². The van der Waals surface area contributed by atoms with Crippen molar-refractivity contribution in [1.29, 1.82) is 0 Å². The third-order valence-electron chi connectivity index (χ3n) is 1.98. The summed E-state index contributed by atoms with van der Waals surface area (Å²) in [6.45, 7) is 1.33. The fourth-order valence-electron chi connectivity index (χ4n) is 1.16. The maximum absolute atomic E-state index is 9.40. The van der Waals surface area contributed by atoms with Crippen molar-refractivity contribution in [2.45, 2.75) is 37.6 Å². The van der Waals surface area contributed by atoms with Gasteiger partial charge in [0, 0.05) is 13.5 Å². The van der Waals surface area contributed by atoms with Crippen LogP contribution in [0.3, 0.4) is 0 Å². The molecular formula is C7H14O5. The van der Waals surface area contributed by atoms with Gasteiger partial charge in [-0.05, 0) is 6.92 Å².